The normalized spacial score (nSPS) is 21.0. The summed E-state index contributed by atoms with van der Waals surface area (Å²) < 4.78 is 10.3. The number of hydrogen-bond acceptors (Lipinski definition) is 4. The molecule has 0 aromatic rings. The molecule has 3 N–H and O–H groups in total. The molecule has 4 heteroatoms. The maximum Gasteiger partial charge on any atom is 0.0587 e. The minimum atomic E-state index is 0.425. The molecule has 0 spiro atoms. The van der Waals surface area contributed by atoms with E-state index in [0.717, 1.165) is 39.2 Å². The Labute approximate surface area is 86.1 Å². The molecule has 0 bridgehead atoms. The van der Waals surface area contributed by atoms with Crippen LogP contribution in [-0.2, 0) is 9.47 Å². The molecule has 1 fully saturated rings. The van der Waals surface area contributed by atoms with Crippen molar-refractivity contribution in [2.75, 3.05) is 40.0 Å². The number of methoxy groups -OCH3 is 1. The van der Waals surface area contributed by atoms with Crippen LogP contribution in [-0.4, -0.2) is 46.1 Å². The Morgan fingerprint density at radius 3 is 2.79 bits per heavy atom. The highest BCUT2D eigenvalue weighted by molar-refractivity contribution is 4.79. The summed E-state index contributed by atoms with van der Waals surface area (Å²) in [5.41, 5.74) is 5.74. The van der Waals surface area contributed by atoms with Gasteiger partial charge in [0.2, 0.25) is 0 Å². The van der Waals surface area contributed by atoms with Crippen LogP contribution in [0, 0.1) is 5.92 Å². The average Bonchev–Trinajstić information content (AvgIpc) is 2.26. The summed E-state index contributed by atoms with van der Waals surface area (Å²) in [6, 6.07) is 0.425. The Kier molecular flexibility index (Phi) is 6.10. The predicted octanol–water partition coefficient (Wildman–Crippen LogP) is -0.0237. The Morgan fingerprint density at radius 2 is 2.21 bits per heavy atom. The van der Waals surface area contributed by atoms with Gasteiger partial charge in [-0.25, -0.2) is 0 Å². The number of ether oxygens (including phenoxy) is 2. The molecule has 0 aromatic heterocycles. The lowest BCUT2D eigenvalue weighted by Crippen LogP contribution is -2.45. The monoisotopic (exact) mass is 202 g/mol. The molecule has 0 aliphatic carbocycles. The predicted molar refractivity (Wildman–Crippen MR) is 56.3 cm³/mol. The van der Waals surface area contributed by atoms with Crippen molar-refractivity contribution in [3.8, 4) is 0 Å². The summed E-state index contributed by atoms with van der Waals surface area (Å²) in [6.07, 6.45) is 2.25. The molecule has 0 aromatic carbocycles. The molecule has 0 radical (unpaired) electrons. The van der Waals surface area contributed by atoms with E-state index in [2.05, 4.69) is 5.32 Å². The van der Waals surface area contributed by atoms with Gasteiger partial charge in [0.25, 0.3) is 0 Å². The molecule has 14 heavy (non-hydrogen) atoms. The van der Waals surface area contributed by atoms with Crippen molar-refractivity contribution in [1.82, 2.24) is 5.32 Å². The Bertz CT molecular complexity index is 138. The number of rotatable bonds is 6. The van der Waals surface area contributed by atoms with Gasteiger partial charge in [-0.15, -0.1) is 0 Å². The Morgan fingerprint density at radius 1 is 1.50 bits per heavy atom. The van der Waals surface area contributed by atoms with Crippen molar-refractivity contribution in [3.05, 3.63) is 0 Å². The third-order valence-electron chi connectivity index (χ3n) is 2.80. The van der Waals surface area contributed by atoms with Gasteiger partial charge >= 0.3 is 0 Å². The lowest BCUT2D eigenvalue weighted by molar-refractivity contribution is 0.0537. The molecule has 84 valence electrons. The zero-order valence-corrected chi connectivity index (χ0v) is 9.00. The van der Waals surface area contributed by atoms with Gasteiger partial charge in [-0.2, -0.15) is 0 Å². The van der Waals surface area contributed by atoms with E-state index >= 15 is 0 Å². The van der Waals surface area contributed by atoms with Crippen molar-refractivity contribution >= 4 is 0 Å². The topological polar surface area (TPSA) is 56.5 Å². The standard InChI is InChI=1S/C10H22N2O2/c1-13-7-4-12-10(8-11)9-2-5-14-6-3-9/h9-10,12H,2-8,11H2,1H3. The highest BCUT2D eigenvalue weighted by atomic mass is 16.5. The van der Waals surface area contributed by atoms with Crippen LogP contribution >= 0.6 is 0 Å². The van der Waals surface area contributed by atoms with E-state index < -0.39 is 0 Å². The second-order valence-electron chi connectivity index (χ2n) is 3.74. The van der Waals surface area contributed by atoms with E-state index in [4.69, 9.17) is 15.2 Å². The zero-order valence-electron chi connectivity index (χ0n) is 9.00. The summed E-state index contributed by atoms with van der Waals surface area (Å²) in [7, 11) is 1.72. The van der Waals surface area contributed by atoms with Crippen molar-refractivity contribution in [2.45, 2.75) is 18.9 Å². The first kappa shape index (κ1) is 11.9. The van der Waals surface area contributed by atoms with Gasteiger partial charge in [0.15, 0.2) is 0 Å². The lowest BCUT2D eigenvalue weighted by atomic mass is 9.92. The summed E-state index contributed by atoms with van der Waals surface area (Å²) in [5.74, 6) is 0.672. The maximum atomic E-state index is 5.74. The third kappa shape index (κ3) is 3.92. The van der Waals surface area contributed by atoms with Crippen molar-refractivity contribution in [1.29, 1.82) is 0 Å². The van der Waals surface area contributed by atoms with E-state index in [1.54, 1.807) is 7.11 Å². The Hall–Kier alpha value is -0.160. The van der Waals surface area contributed by atoms with Gasteiger partial charge in [0.1, 0.15) is 0 Å². The number of nitrogens with two attached hydrogens (primary N) is 1. The van der Waals surface area contributed by atoms with Gasteiger partial charge < -0.3 is 20.5 Å². The van der Waals surface area contributed by atoms with Crippen LogP contribution in [0.15, 0.2) is 0 Å². The minimum Gasteiger partial charge on any atom is -0.383 e. The van der Waals surface area contributed by atoms with Gasteiger partial charge in [-0.3, -0.25) is 0 Å². The highest BCUT2D eigenvalue weighted by Gasteiger charge is 2.21. The fraction of sp³-hybridized carbons (Fsp3) is 1.00. The minimum absolute atomic E-state index is 0.425. The molecule has 1 aliphatic heterocycles. The summed E-state index contributed by atoms with van der Waals surface area (Å²) in [5, 5.41) is 3.43. The molecular formula is C10H22N2O2. The average molecular weight is 202 g/mol. The van der Waals surface area contributed by atoms with E-state index in [0.29, 0.717) is 18.5 Å². The second kappa shape index (κ2) is 7.17. The Balaban J connectivity index is 2.21. The van der Waals surface area contributed by atoms with Crippen LogP contribution in [0.3, 0.4) is 0 Å². The van der Waals surface area contributed by atoms with E-state index in [-0.39, 0.29) is 0 Å². The quantitative estimate of drug-likeness (QED) is 0.594. The van der Waals surface area contributed by atoms with Crippen molar-refractivity contribution in [3.63, 3.8) is 0 Å². The second-order valence-corrected chi connectivity index (χ2v) is 3.74. The van der Waals surface area contributed by atoms with Crippen LogP contribution in [0.5, 0.6) is 0 Å². The highest BCUT2D eigenvalue weighted by Crippen LogP contribution is 2.17. The molecule has 1 rings (SSSR count). The fourth-order valence-corrected chi connectivity index (χ4v) is 1.91. The molecule has 1 saturated heterocycles. The van der Waals surface area contributed by atoms with Gasteiger partial charge in [0.05, 0.1) is 6.61 Å². The van der Waals surface area contributed by atoms with Gasteiger partial charge in [0, 0.05) is 39.5 Å². The van der Waals surface area contributed by atoms with E-state index in [9.17, 15) is 0 Å². The summed E-state index contributed by atoms with van der Waals surface area (Å²) in [4.78, 5) is 0. The van der Waals surface area contributed by atoms with Crippen LogP contribution in [0.2, 0.25) is 0 Å². The van der Waals surface area contributed by atoms with Gasteiger partial charge in [-0.05, 0) is 18.8 Å². The molecule has 1 aliphatic rings. The maximum absolute atomic E-state index is 5.74. The van der Waals surface area contributed by atoms with Crippen LogP contribution in [0.1, 0.15) is 12.8 Å². The fourth-order valence-electron chi connectivity index (χ4n) is 1.91. The van der Waals surface area contributed by atoms with Crippen LogP contribution in [0.4, 0.5) is 0 Å². The largest absolute Gasteiger partial charge is 0.383 e. The van der Waals surface area contributed by atoms with Gasteiger partial charge in [-0.1, -0.05) is 0 Å². The van der Waals surface area contributed by atoms with Crippen molar-refractivity contribution in [2.24, 2.45) is 11.7 Å². The lowest BCUT2D eigenvalue weighted by Gasteiger charge is -2.30. The van der Waals surface area contributed by atoms with Crippen LogP contribution < -0.4 is 11.1 Å². The number of nitrogens with one attached hydrogen (secondary N) is 1. The SMILES string of the molecule is COCCNC(CN)C1CCOCC1. The third-order valence-corrected chi connectivity index (χ3v) is 2.80. The summed E-state index contributed by atoms with van der Waals surface area (Å²) >= 11 is 0. The molecular weight excluding hydrogens is 180 g/mol. The molecule has 0 saturated carbocycles. The first-order chi connectivity index (χ1) is 6.88. The first-order valence-corrected chi connectivity index (χ1v) is 5.38. The molecule has 1 heterocycles. The first-order valence-electron chi connectivity index (χ1n) is 5.38. The smallest absolute Gasteiger partial charge is 0.0587 e. The van der Waals surface area contributed by atoms with Crippen LogP contribution in [0.25, 0.3) is 0 Å². The number of hydrogen-bond donors (Lipinski definition) is 2. The van der Waals surface area contributed by atoms with E-state index in [1.165, 1.54) is 0 Å². The molecule has 1 unspecified atom stereocenters. The summed E-state index contributed by atoms with van der Waals surface area (Å²) in [6.45, 7) is 4.10. The molecule has 1 atom stereocenters. The van der Waals surface area contributed by atoms with E-state index in [1.807, 2.05) is 0 Å². The zero-order chi connectivity index (χ0) is 10.2. The van der Waals surface area contributed by atoms with Crippen molar-refractivity contribution < 1.29 is 9.47 Å². The molecule has 4 nitrogen and oxygen atoms in total. The molecule has 0 amide bonds.